The molecule has 1 spiro atoms. The van der Waals surface area contributed by atoms with E-state index in [-0.39, 0.29) is 6.04 Å². The standard InChI is InChI=1S/C18H29N3/c1-14-11-16(12-15(2)19)13-20-17(14)21-9-7-18(8-10-21)5-3-4-6-18/h11,13,15H,3-10,12,19H2,1-2H3. The predicted molar refractivity (Wildman–Crippen MR) is 88.7 cm³/mol. The fourth-order valence-electron chi connectivity index (χ4n) is 4.26. The summed E-state index contributed by atoms with van der Waals surface area (Å²) < 4.78 is 0. The van der Waals surface area contributed by atoms with Crippen molar-refractivity contribution >= 4 is 5.82 Å². The van der Waals surface area contributed by atoms with Crippen molar-refractivity contribution in [3.63, 3.8) is 0 Å². The molecule has 1 unspecified atom stereocenters. The minimum atomic E-state index is 0.203. The van der Waals surface area contributed by atoms with Crippen LogP contribution in [0.25, 0.3) is 0 Å². The zero-order valence-electron chi connectivity index (χ0n) is 13.6. The molecular weight excluding hydrogens is 258 g/mol. The first-order valence-electron chi connectivity index (χ1n) is 8.54. The minimum Gasteiger partial charge on any atom is -0.356 e. The molecule has 1 aliphatic heterocycles. The zero-order valence-corrected chi connectivity index (χ0v) is 13.6. The summed E-state index contributed by atoms with van der Waals surface area (Å²) in [5.74, 6) is 1.19. The van der Waals surface area contributed by atoms with Gasteiger partial charge < -0.3 is 10.6 Å². The lowest BCUT2D eigenvalue weighted by molar-refractivity contribution is 0.226. The highest BCUT2D eigenvalue weighted by Gasteiger charge is 2.37. The van der Waals surface area contributed by atoms with Gasteiger partial charge in [-0.05, 0) is 62.5 Å². The van der Waals surface area contributed by atoms with Crippen LogP contribution in [0, 0.1) is 12.3 Å². The fraction of sp³-hybridized carbons (Fsp3) is 0.722. The first-order valence-corrected chi connectivity index (χ1v) is 8.54. The van der Waals surface area contributed by atoms with Gasteiger partial charge in [0.2, 0.25) is 0 Å². The third-order valence-electron chi connectivity index (χ3n) is 5.45. The maximum absolute atomic E-state index is 5.88. The van der Waals surface area contributed by atoms with Crippen LogP contribution in [0.1, 0.15) is 56.6 Å². The Balaban J connectivity index is 1.67. The van der Waals surface area contributed by atoms with Gasteiger partial charge in [0.05, 0.1) is 0 Å². The molecule has 0 amide bonds. The molecule has 116 valence electrons. The summed E-state index contributed by atoms with van der Waals surface area (Å²) in [6.45, 7) is 6.60. The molecule has 3 rings (SSSR count). The Hall–Kier alpha value is -1.09. The average molecular weight is 287 g/mol. The van der Waals surface area contributed by atoms with Gasteiger partial charge in [-0.25, -0.2) is 4.98 Å². The van der Waals surface area contributed by atoms with E-state index in [9.17, 15) is 0 Å². The minimum absolute atomic E-state index is 0.203. The SMILES string of the molecule is Cc1cc(CC(C)N)cnc1N1CCC2(CCCC2)CC1. The molecular formula is C18H29N3. The Morgan fingerprint density at radius 3 is 2.48 bits per heavy atom. The van der Waals surface area contributed by atoms with E-state index in [4.69, 9.17) is 10.7 Å². The highest BCUT2D eigenvalue weighted by Crippen LogP contribution is 2.46. The first kappa shape index (κ1) is 14.8. The average Bonchev–Trinajstić information content (AvgIpc) is 2.88. The van der Waals surface area contributed by atoms with Gasteiger partial charge in [0, 0.05) is 25.3 Å². The van der Waals surface area contributed by atoms with Crippen molar-refractivity contribution in [1.29, 1.82) is 0 Å². The molecule has 2 aliphatic rings. The van der Waals surface area contributed by atoms with Gasteiger partial charge in [0.25, 0.3) is 0 Å². The maximum atomic E-state index is 5.88. The molecule has 2 fully saturated rings. The molecule has 3 nitrogen and oxygen atoms in total. The zero-order chi connectivity index (χ0) is 14.9. The van der Waals surface area contributed by atoms with Crippen molar-refractivity contribution in [2.75, 3.05) is 18.0 Å². The van der Waals surface area contributed by atoms with Crippen LogP contribution in [-0.4, -0.2) is 24.1 Å². The molecule has 1 aliphatic carbocycles. The number of pyridine rings is 1. The normalized spacial score (nSPS) is 22.7. The molecule has 21 heavy (non-hydrogen) atoms. The van der Waals surface area contributed by atoms with Gasteiger partial charge in [-0.2, -0.15) is 0 Å². The van der Waals surface area contributed by atoms with Crippen molar-refractivity contribution in [1.82, 2.24) is 4.98 Å². The molecule has 1 atom stereocenters. The summed E-state index contributed by atoms with van der Waals surface area (Å²) in [5, 5.41) is 0. The lowest BCUT2D eigenvalue weighted by Gasteiger charge is -2.40. The monoisotopic (exact) mass is 287 g/mol. The highest BCUT2D eigenvalue weighted by molar-refractivity contribution is 5.48. The molecule has 1 aromatic rings. The number of nitrogens with zero attached hydrogens (tertiary/aromatic N) is 2. The Bertz CT molecular complexity index is 479. The number of nitrogens with two attached hydrogens (primary N) is 1. The third kappa shape index (κ3) is 3.23. The Morgan fingerprint density at radius 2 is 1.90 bits per heavy atom. The number of anilines is 1. The van der Waals surface area contributed by atoms with Gasteiger partial charge in [0.1, 0.15) is 5.82 Å². The summed E-state index contributed by atoms with van der Waals surface area (Å²) in [7, 11) is 0. The summed E-state index contributed by atoms with van der Waals surface area (Å²) in [4.78, 5) is 7.23. The number of piperidine rings is 1. The second-order valence-electron chi connectivity index (χ2n) is 7.36. The Morgan fingerprint density at radius 1 is 1.24 bits per heavy atom. The van der Waals surface area contributed by atoms with Gasteiger partial charge in [0.15, 0.2) is 0 Å². The van der Waals surface area contributed by atoms with E-state index in [1.54, 1.807) is 0 Å². The van der Waals surface area contributed by atoms with Crippen LogP contribution in [0.2, 0.25) is 0 Å². The predicted octanol–water partition coefficient (Wildman–Crippen LogP) is 3.44. The summed E-state index contributed by atoms with van der Waals surface area (Å²) >= 11 is 0. The number of aryl methyl sites for hydroxylation is 1. The van der Waals surface area contributed by atoms with E-state index in [2.05, 4.69) is 24.8 Å². The number of aromatic nitrogens is 1. The molecule has 3 heteroatoms. The summed E-state index contributed by atoms with van der Waals surface area (Å²) in [6, 6.07) is 2.47. The first-order chi connectivity index (χ1) is 10.1. The van der Waals surface area contributed by atoms with E-state index < -0.39 is 0 Å². The van der Waals surface area contributed by atoms with Crippen LogP contribution in [0.5, 0.6) is 0 Å². The van der Waals surface area contributed by atoms with Crippen molar-refractivity contribution < 1.29 is 0 Å². The van der Waals surface area contributed by atoms with E-state index in [0.717, 1.165) is 6.42 Å². The maximum Gasteiger partial charge on any atom is 0.131 e. The van der Waals surface area contributed by atoms with Crippen molar-refractivity contribution in [3.8, 4) is 0 Å². The molecule has 2 N–H and O–H groups in total. The van der Waals surface area contributed by atoms with Crippen LogP contribution in [0.4, 0.5) is 5.82 Å². The van der Waals surface area contributed by atoms with Gasteiger partial charge in [-0.1, -0.05) is 18.9 Å². The van der Waals surface area contributed by atoms with E-state index >= 15 is 0 Å². The smallest absolute Gasteiger partial charge is 0.131 e. The topological polar surface area (TPSA) is 42.1 Å². The lowest BCUT2D eigenvalue weighted by Crippen LogP contribution is -2.39. The second kappa shape index (κ2) is 5.96. The van der Waals surface area contributed by atoms with E-state index in [1.165, 1.54) is 68.6 Å². The Kier molecular flexibility index (Phi) is 4.21. The van der Waals surface area contributed by atoms with Crippen LogP contribution in [-0.2, 0) is 6.42 Å². The molecule has 0 aromatic carbocycles. The van der Waals surface area contributed by atoms with Gasteiger partial charge >= 0.3 is 0 Å². The molecule has 1 saturated heterocycles. The quantitative estimate of drug-likeness (QED) is 0.926. The number of rotatable bonds is 3. The fourth-order valence-corrected chi connectivity index (χ4v) is 4.26. The summed E-state index contributed by atoms with van der Waals surface area (Å²) in [5.41, 5.74) is 9.12. The van der Waals surface area contributed by atoms with Crippen LogP contribution in [0.3, 0.4) is 0 Å². The summed E-state index contributed by atoms with van der Waals surface area (Å²) in [6.07, 6.45) is 11.5. The van der Waals surface area contributed by atoms with Crippen LogP contribution in [0.15, 0.2) is 12.3 Å². The number of hydrogen-bond donors (Lipinski definition) is 1. The van der Waals surface area contributed by atoms with Crippen LogP contribution >= 0.6 is 0 Å². The molecule has 0 bridgehead atoms. The molecule has 2 heterocycles. The second-order valence-corrected chi connectivity index (χ2v) is 7.36. The van der Waals surface area contributed by atoms with Crippen molar-refractivity contribution in [2.45, 2.75) is 64.8 Å². The number of hydrogen-bond acceptors (Lipinski definition) is 3. The van der Waals surface area contributed by atoms with Crippen LogP contribution < -0.4 is 10.6 Å². The van der Waals surface area contributed by atoms with Gasteiger partial charge in [-0.15, -0.1) is 0 Å². The van der Waals surface area contributed by atoms with Crippen molar-refractivity contribution in [3.05, 3.63) is 23.4 Å². The van der Waals surface area contributed by atoms with E-state index in [0.29, 0.717) is 5.41 Å². The van der Waals surface area contributed by atoms with E-state index in [1.807, 2.05) is 6.20 Å². The molecule has 1 aromatic heterocycles. The molecule has 1 saturated carbocycles. The Labute approximate surface area is 128 Å². The largest absolute Gasteiger partial charge is 0.356 e. The van der Waals surface area contributed by atoms with Gasteiger partial charge in [-0.3, -0.25) is 0 Å². The van der Waals surface area contributed by atoms with Crippen molar-refractivity contribution in [2.24, 2.45) is 11.1 Å². The highest BCUT2D eigenvalue weighted by atomic mass is 15.2. The molecule has 0 radical (unpaired) electrons. The third-order valence-corrected chi connectivity index (χ3v) is 5.45. The lowest BCUT2D eigenvalue weighted by atomic mass is 9.77.